The molecule has 0 unspecified atom stereocenters. The summed E-state index contributed by atoms with van der Waals surface area (Å²) in [5, 5.41) is 5.65. The van der Waals surface area contributed by atoms with Crippen molar-refractivity contribution in [1.29, 1.82) is 0 Å². The molecule has 0 radical (unpaired) electrons. The minimum Gasteiger partial charge on any atom is -0.497 e. The molecule has 2 aromatic carbocycles. The summed E-state index contributed by atoms with van der Waals surface area (Å²) in [4.78, 5) is 26.3. The van der Waals surface area contributed by atoms with Gasteiger partial charge in [-0.2, -0.15) is 0 Å². The molecule has 8 heteroatoms. The minimum absolute atomic E-state index is 0.0268. The highest BCUT2D eigenvalue weighted by molar-refractivity contribution is 5.96. The Hall–Kier alpha value is -3.42. The highest BCUT2D eigenvalue weighted by Gasteiger charge is 2.32. The molecule has 0 bridgehead atoms. The van der Waals surface area contributed by atoms with Crippen LogP contribution in [-0.4, -0.2) is 50.9 Å². The number of hydrogen-bond donors (Lipinski definition) is 2. The standard InChI is InChI=1S/C21H23N3O5/c1-27-16-8-6-15(7-9-16)24-12-14(10-20(24)25)23-21(26)22-11-17-13-28-18-4-2-3-5-19(18)29-17/h2-9,14,17H,10-13H2,1H3,(H2,22,23,26)/t14-,17+/m1/s1. The highest BCUT2D eigenvalue weighted by atomic mass is 16.6. The van der Waals surface area contributed by atoms with Crippen molar-refractivity contribution in [3.8, 4) is 17.2 Å². The lowest BCUT2D eigenvalue weighted by molar-refractivity contribution is -0.117. The number of hydrogen-bond acceptors (Lipinski definition) is 5. The number of carbonyl (C=O) groups is 2. The number of fused-ring (bicyclic) bond motifs is 1. The molecular weight excluding hydrogens is 374 g/mol. The summed E-state index contributed by atoms with van der Waals surface area (Å²) in [6, 6.07) is 14.1. The van der Waals surface area contributed by atoms with Crippen LogP contribution in [0.3, 0.4) is 0 Å². The van der Waals surface area contributed by atoms with E-state index in [0.29, 0.717) is 31.2 Å². The SMILES string of the molecule is COc1ccc(N2C[C@H](NC(=O)NC[C@H]3COc4ccccc4O3)CC2=O)cc1. The van der Waals surface area contributed by atoms with Crippen molar-refractivity contribution in [2.45, 2.75) is 18.6 Å². The zero-order valence-electron chi connectivity index (χ0n) is 16.1. The predicted molar refractivity (Wildman–Crippen MR) is 107 cm³/mol. The summed E-state index contributed by atoms with van der Waals surface area (Å²) in [5.41, 5.74) is 0.784. The van der Waals surface area contributed by atoms with Crippen LogP contribution in [0.1, 0.15) is 6.42 Å². The summed E-state index contributed by atoms with van der Waals surface area (Å²) < 4.78 is 16.6. The smallest absolute Gasteiger partial charge is 0.315 e. The molecule has 29 heavy (non-hydrogen) atoms. The zero-order valence-corrected chi connectivity index (χ0v) is 16.1. The second-order valence-electron chi connectivity index (χ2n) is 6.96. The van der Waals surface area contributed by atoms with Gasteiger partial charge in [-0.25, -0.2) is 4.79 Å². The highest BCUT2D eigenvalue weighted by Crippen LogP contribution is 2.30. The Balaban J connectivity index is 1.25. The maximum Gasteiger partial charge on any atom is 0.315 e. The first-order valence-electron chi connectivity index (χ1n) is 9.49. The maximum atomic E-state index is 12.3. The first kappa shape index (κ1) is 18.9. The van der Waals surface area contributed by atoms with Gasteiger partial charge in [-0.1, -0.05) is 12.1 Å². The van der Waals surface area contributed by atoms with E-state index < -0.39 is 0 Å². The van der Waals surface area contributed by atoms with Crippen molar-refractivity contribution >= 4 is 17.6 Å². The third-order valence-corrected chi connectivity index (χ3v) is 4.90. The van der Waals surface area contributed by atoms with Gasteiger partial charge in [-0.3, -0.25) is 4.79 Å². The van der Waals surface area contributed by atoms with Crippen LogP contribution in [0.5, 0.6) is 17.2 Å². The summed E-state index contributed by atoms with van der Waals surface area (Å²) in [5.74, 6) is 2.07. The van der Waals surface area contributed by atoms with Crippen LogP contribution in [0, 0.1) is 0 Å². The van der Waals surface area contributed by atoms with E-state index in [4.69, 9.17) is 14.2 Å². The average Bonchev–Trinajstić information content (AvgIpc) is 3.12. The molecule has 1 fully saturated rings. The Kier molecular flexibility index (Phi) is 5.41. The molecule has 2 aliphatic heterocycles. The Bertz CT molecular complexity index is 886. The number of ether oxygens (including phenoxy) is 3. The number of carbonyl (C=O) groups excluding carboxylic acids is 2. The molecule has 3 amide bonds. The Morgan fingerprint density at radius 2 is 1.93 bits per heavy atom. The summed E-state index contributed by atoms with van der Waals surface area (Å²) in [7, 11) is 1.60. The van der Waals surface area contributed by atoms with E-state index in [1.165, 1.54) is 0 Å². The second-order valence-corrected chi connectivity index (χ2v) is 6.96. The van der Waals surface area contributed by atoms with Gasteiger partial charge < -0.3 is 29.7 Å². The van der Waals surface area contributed by atoms with Gasteiger partial charge in [0, 0.05) is 18.7 Å². The van der Waals surface area contributed by atoms with E-state index in [2.05, 4.69) is 10.6 Å². The van der Waals surface area contributed by atoms with Gasteiger partial charge in [0.05, 0.1) is 19.7 Å². The lowest BCUT2D eigenvalue weighted by Gasteiger charge is -2.26. The summed E-state index contributed by atoms with van der Waals surface area (Å²) in [6.45, 7) is 1.10. The Labute approximate surface area is 168 Å². The molecule has 0 aliphatic carbocycles. The largest absolute Gasteiger partial charge is 0.497 e. The van der Waals surface area contributed by atoms with Gasteiger partial charge in [0.15, 0.2) is 17.6 Å². The number of methoxy groups -OCH3 is 1. The fourth-order valence-electron chi connectivity index (χ4n) is 3.42. The molecule has 8 nitrogen and oxygen atoms in total. The van der Waals surface area contributed by atoms with Crippen LogP contribution in [0.15, 0.2) is 48.5 Å². The first-order valence-corrected chi connectivity index (χ1v) is 9.49. The van der Waals surface area contributed by atoms with Crippen molar-refractivity contribution in [2.24, 2.45) is 0 Å². The molecule has 2 N–H and O–H groups in total. The van der Waals surface area contributed by atoms with Gasteiger partial charge in [0.1, 0.15) is 12.4 Å². The summed E-state index contributed by atoms with van der Waals surface area (Å²) in [6.07, 6.45) is -0.00720. The van der Waals surface area contributed by atoms with Gasteiger partial charge in [-0.15, -0.1) is 0 Å². The van der Waals surface area contributed by atoms with Crippen molar-refractivity contribution in [3.05, 3.63) is 48.5 Å². The van der Waals surface area contributed by atoms with Gasteiger partial charge in [0.25, 0.3) is 0 Å². The van der Waals surface area contributed by atoms with Gasteiger partial charge in [0.2, 0.25) is 5.91 Å². The molecular formula is C21H23N3O5. The van der Waals surface area contributed by atoms with E-state index in [-0.39, 0.29) is 30.5 Å². The molecule has 2 atom stereocenters. The van der Waals surface area contributed by atoms with Crippen molar-refractivity contribution < 1.29 is 23.8 Å². The van der Waals surface area contributed by atoms with E-state index in [9.17, 15) is 9.59 Å². The van der Waals surface area contributed by atoms with Crippen LogP contribution in [0.2, 0.25) is 0 Å². The minimum atomic E-state index is -0.332. The number of rotatable bonds is 5. The first-order chi connectivity index (χ1) is 14.1. The second kappa shape index (κ2) is 8.30. The van der Waals surface area contributed by atoms with Gasteiger partial charge >= 0.3 is 6.03 Å². The number of amides is 3. The number of urea groups is 1. The van der Waals surface area contributed by atoms with Crippen molar-refractivity contribution in [1.82, 2.24) is 10.6 Å². The summed E-state index contributed by atoms with van der Waals surface area (Å²) >= 11 is 0. The third-order valence-electron chi connectivity index (χ3n) is 4.90. The predicted octanol–water partition coefficient (Wildman–Crippen LogP) is 1.94. The zero-order chi connectivity index (χ0) is 20.2. The number of anilines is 1. The average molecular weight is 397 g/mol. The lowest BCUT2D eigenvalue weighted by Crippen LogP contribution is -2.47. The third kappa shape index (κ3) is 4.37. The molecule has 1 saturated heterocycles. The molecule has 4 rings (SSSR count). The molecule has 0 aromatic heterocycles. The topological polar surface area (TPSA) is 89.1 Å². The molecule has 0 saturated carbocycles. The van der Waals surface area contributed by atoms with Crippen molar-refractivity contribution in [3.63, 3.8) is 0 Å². The lowest BCUT2D eigenvalue weighted by atomic mass is 10.2. The molecule has 0 spiro atoms. The van der Waals surface area contributed by atoms with Crippen LogP contribution in [-0.2, 0) is 4.79 Å². The molecule has 2 heterocycles. The number of nitrogens with zero attached hydrogens (tertiary/aromatic N) is 1. The fourth-order valence-corrected chi connectivity index (χ4v) is 3.42. The van der Waals surface area contributed by atoms with Gasteiger partial charge in [-0.05, 0) is 36.4 Å². The van der Waals surface area contributed by atoms with E-state index in [1.807, 2.05) is 36.4 Å². The van der Waals surface area contributed by atoms with Crippen molar-refractivity contribution in [2.75, 3.05) is 31.7 Å². The van der Waals surface area contributed by atoms with Crippen LogP contribution < -0.4 is 29.7 Å². The van der Waals surface area contributed by atoms with Crippen LogP contribution >= 0.6 is 0 Å². The Morgan fingerprint density at radius 3 is 2.69 bits per heavy atom. The molecule has 152 valence electrons. The Morgan fingerprint density at radius 1 is 1.17 bits per heavy atom. The molecule has 2 aliphatic rings. The maximum absolute atomic E-state index is 12.3. The molecule has 2 aromatic rings. The van der Waals surface area contributed by atoms with E-state index in [1.54, 1.807) is 24.1 Å². The van der Waals surface area contributed by atoms with E-state index in [0.717, 1.165) is 11.4 Å². The quantitative estimate of drug-likeness (QED) is 0.805. The van der Waals surface area contributed by atoms with E-state index >= 15 is 0 Å². The number of nitrogens with one attached hydrogen (secondary N) is 2. The number of para-hydroxylation sites is 2. The number of benzene rings is 2. The normalized spacial score (nSPS) is 20.3. The van der Waals surface area contributed by atoms with Crippen LogP contribution in [0.25, 0.3) is 0 Å². The van der Waals surface area contributed by atoms with Crippen LogP contribution in [0.4, 0.5) is 10.5 Å². The monoisotopic (exact) mass is 397 g/mol. The fraction of sp³-hybridized carbons (Fsp3) is 0.333.